The normalized spacial score (nSPS) is 42.1. The van der Waals surface area contributed by atoms with E-state index in [2.05, 4.69) is 61.1 Å². The predicted molar refractivity (Wildman–Crippen MR) is 137 cm³/mol. The monoisotopic (exact) mass is 458 g/mol. The molecular weight excluding hydrogens is 408 g/mol. The Morgan fingerprint density at radius 2 is 1.70 bits per heavy atom. The van der Waals surface area contributed by atoms with Gasteiger partial charge in [0.05, 0.1) is 5.60 Å². The molecule has 3 nitrogen and oxygen atoms in total. The zero-order valence-corrected chi connectivity index (χ0v) is 22.5. The van der Waals surface area contributed by atoms with Crippen molar-refractivity contribution in [2.24, 2.45) is 39.9 Å². The maximum Gasteiger partial charge on any atom is 0.303 e. The predicted octanol–water partition coefficient (Wildman–Crippen LogP) is 7.79. The fraction of sp³-hybridized carbons (Fsp3) is 0.833. The molecule has 3 unspecified atom stereocenters. The van der Waals surface area contributed by atoms with Gasteiger partial charge in [0.2, 0.25) is 0 Å². The molecule has 0 aromatic carbocycles. The van der Waals surface area contributed by atoms with Gasteiger partial charge in [-0.05, 0) is 125 Å². The maximum absolute atomic E-state index is 11.6. The minimum atomic E-state index is -0.683. The van der Waals surface area contributed by atoms with Gasteiger partial charge in [0.25, 0.3) is 0 Å². The van der Waals surface area contributed by atoms with Crippen molar-refractivity contribution in [1.82, 2.24) is 0 Å². The molecule has 33 heavy (non-hydrogen) atoms. The third-order valence-electron chi connectivity index (χ3n) is 11.1. The first kappa shape index (κ1) is 26.5. The number of hydrogen-bond acceptors (Lipinski definition) is 2. The Bertz CT molecular complexity index is 790. The number of aliphatic hydroxyl groups is 1. The highest BCUT2D eigenvalue weighted by Gasteiger charge is 2.67. The van der Waals surface area contributed by atoms with E-state index in [0.717, 1.165) is 44.9 Å². The van der Waals surface area contributed by atoms with E-state index >= 15 is 0 Å². The summed E-state index contributed by atoms with van der Waals surface area (Å²) < 4.78 is 0. The number of rotatable bonds is 8. The van der Waals surface area contributed by atoms with Crippen LogP contribution in [0.5, 0.6) is 0 Å². The van der Waals surface area contributed by atoms with E-state index in [1.165, 1.54) is 24.0 Å². The van der Waals surface area contributed by atoms with Crippen molar-refractivity contribution >= 4 is 5.97 Å². The van der Waals surface area contributed by atoms with E-state index in [1.807, 2.05) is 0 Å². The Hall–Kier alpha value is -1.09. The number of fused-ring (bicyclic) bond motifs is 3. The van der Waals surface area contributed by atoms with Gasteiger partial charge in [-0.15, -0.1) is 0 Å². The fourth-order valence-electron chi connectivity index (χ4n) is 9.23. The molecule has 3 aliphatic carbocycles. The van der Waals surface area contributed by atoms with Crippen LogP contribution in [0.15, 0.2) is 23.8 Å². The molecule has 188 valence electrons. The standard InChI is InChI=1S/C30H50O3/c1-20(2)10-9-16-30(8,33)24-14-18-28(6)23(24)11-12-25-27(5,17-15-26(31)32)22(21(3)4)13-19-29(25,28)7/h10,22-25,33H,3,9,11-19H2,1-2,4-8H3,(H,31,32)/t22?,23?,24-,25?,27-,28+,29+,30-/m0/s1. The largest absolute Gasteiger partial charge is 0.481 e. The number of carbonyl (C=O) groups is 1. The summed E-state index contributed by atoms with van der Waals surface area (Å²) in [6.07, 6.45) is 11.9. The number of carboxylic acids is 1. The number of hydrogen-bond donors (Lipinski definition) is 2. The van der Waals surface area contributed by atoms with Crippen LogP contribution < -0.4 is 0 Å². The highest BCUT2D eigenvalue weighted by molar-refractivity contribution is 5.66. The smallest absolute Gasteiger partial charge is 0.303 e. The molecule has 3 saturated carbocycles. The van der Waals surface area contributed by atoms with Gasteiger partial charge in [0, 0.05) is 6.42 Å². The van der Waals surface area contributed by atoms with Crippen LogP contribution in [0.2, 0.25) is 0 Å². The molecule has 3 fully saturated rings. The Labute approximate surface area is 203 Å². The highest BCUT2D eigenvalue weighted by Crippen LogP contribution is 2.74. The lowest BCUT2D eigenvalue weighted by molar-refractivity contribution is -0.179. The first-order valence-electron chi connectivity index (χ1n) is 13.4. The minimum absolute atomic E-state index is 0.0186. The van der Waals surface area contributed by atoms with Gasteiger partial charge in [-0.25, -0.2) is 0 Å². The van der Waals surface area contributed by atoms with Gasteiger partial charge in [-0.3, -0.25) is 4.79 Å². The molecule has 0 spiro atoms. The van der Waals surface area contributed by atoms with Crippen LogP contribution >= 0.6 is 0 Å². The van der Waals surface area contributed by atoms with Gasteiger partial charge in [-0.2, -0.15) is 0 Å². The van der Waals surface area contributed by atoms with Crippen LogP contribution in [0.25, 0.3) is 0 Å². The fourth-order valence-corrected chi connectivity index (χ4v) is 9.23. The molecule has 0 bridgehead atoms. The number of carboxylic acid groups (broad SMARTS) is 1. The molecule has 3 rings (SSSR count). The number of allylic oxidation sites excluding steroid dienone is 3. The minimum Gasteiger partial charge on any atom is -0.481 e. The molecule has 3 aliphatic rings. The van der Waals surface area contributed by atoms with Gasteiger partial charge >= 0.3 is 5.97 Å². The van der Waals surface area contributed by atoms with Crippen molar-refractivity contribution in [1.29, 1.82) is 0 Å². The third-order valence-corrected chi connectivity index (χ3v) is 11.1. The first-order valence-corrected chi connectivity index (χ1v) is 13.4. The maximum atomic E-state index is 11.6. The van der Waals surface area contributed by atoms with Gasteiger partial charge in [-0.1, -0.05) is 44.6 Å². The summed E-state index contributed by atoms with van der Waals surface area (Å²) in [6, 6.07) is 0. The topological polar surface area (TPSA) is 57.5 Å². The van der Waals surface area contributed by atoms with Crippen molar-refractivity contribution in [3.8, 4) is 0 Å². The molecule has 0 radical (unpaired) electrons. The SMILES string of the molecule is C=C(C)C1CC[C@]2(C)C(CCC3[C@@H]([C@@](C)(O)CCC=C(C)C)CC[C@]32C)[C@@]1(C)CCC(=O)O. The van der Waals surface area contributed by atoms with Crippen LogP contribution in [0, 0.1) is 39.9 Å². The van der Waals surface area contributed by atoms with E-state index in [9.17, 15) is 15.0 Å². The molecule has 0 heterocycles. The van der Waals surface area contributed by atoms with Crippen LogP contribution in [-0.2, 0) is 4.79 Å². The average Bonchev–Trinajstić information content (AvgIpc) is 3.05. The molecule has 0 aromatic heterocycles. The summed E-state index contributed by atoms with van der Waals surface area (Å²) in [5, 5.41) is 21.1. The molecule has 3 heteroatoms. The van der Waals surface area contributed by atoms with E-state index in [0.29, 0.717) is 23.7 Å². The lowest BCUT2D eigenvalue weighted by Crippen LogP contribution is -2.60. The summed E-state index contributed by atoms with van der Waals surface area (Å²) in [5.74, 6) is 1.13. The Kier molecular flexibility index (Phi) is 7.37. The average molecular weight is 459 g/mol. The summed E-state index contributed by atoms with van der Waals surface area (Å²) in [6.45, 7) is 20.3. The molecule has 0 amide bonds. The zero-order chi connectivity index (χ0) is 24.8. The van der Waals surface area contributed by atoms with Crippen molar-refractivity contribution in [3.63, 3.8) is 0 Å². The number of aliphatic carboxylic acids is 1. The van der Waals surface area contributed by atoms with Crippen molar-refractivity contribution < 1.29 is 15.0 Å². The second-order valence-corrected chi connectivity index (χ2v) is 13.2. The molecule has 2 N–H and O–H groups in total. The van der Waals surface area contributed by atoms with E-state index in [4.69, 9.17) is 0 Å². The Balaban J connectivity index is 1.91. The van der Waals surface area contributed by atoms with Crippen LogP contribution in [0.4, 0.5) is 0 Å². The van der Waals surface area contributed by atoms with Crippen LogP contribution in [-0.4, -0.2) is 21.8 Å². The second-order valence-electron chi connectivity index (χ2n) is 13.2. The molecule has 0 aliphatic heterocycles. The summed E-state index contributed by atoms with van der Waals surface area (Å²) in [5.41, 5.74) is 2.29. The van der Waals surface area contributed by atoms with Crippen molar-refractivity contribution in [3.05, 3.63) is 23.8 Å². The molecule has 0 aromatic rings. The highest BCUT2D eigenvalue weighted by atomic mass is 16.4. The lowest BCUT2D eigenvalue weighted by Gasteiger charge is -2.66. The van der Waals surface area contributed by atoms with Crippen molar-refractivity contribution in [2.45, 2.75) is 118 Å². The van der Waals surface area contributed by atoms with Gasteiger partial charge in [0.15, 0.2) is 0 Å². The molecule has 8 atom stereocenters. The Morgan fingerprint density at radius 3 is 2.27 bits per heavy atom. The van der Waals surface area contributed by atoms with E-state index in [1.54, 1.807) is 0 Å². The molecular formula is C30H50O3. The quantitative estimate of drug-likeness (QED) is 0.365. The van der Waals surface area contributed by atoms with Crippen molar-refractivity contribution in [2.75, 3.05) is 0 Å². The molecule has 0 saturated heterocycles. The lowest BCUT2D eigenvalue weighted by atomic mass is 9.38. The summed E-state index contributed by atoms with van der Waals surface area (Å²) in [7, 11) is 0. The van der Waals surface area contributed by atoms with Gasteiger partial charge < -0.3 is 10.2 Å². The van der Waals surface area contributed by atoms with E-state index in [-0.39, 0.29) is 22.7 Å². The second kappa shape index (κ2) is 9.17. The summed E-state index contributed by atoms with van der Waals surface area (Å²) >= 11 is 0. The summed E-state index contributed by atoms with van der Waals surface area (Å²) in [4.78, 5) is 11.6. The Morgan fingerprint density at radius 1 is 1.06 bits per heavy atom. The van der Waals surface area contributed by atoms with E-state index < -0.39 is 11.6 Å². The van der Waals surface area contributed by atoms with Crippen LogP contribution in [0.1, 0.15) is 113 Å². The van der Waals surface area contributed by atoms with Gasteiger partial charge in [0.1, 0.15) is 0 Å². The van der Waals surface area contributed by atoms with Crippen LogP contribution in [0.3, 0.4) is 0 Å². The third kappa shape index (κ3) is 4.48. The zero-order valence-electron chi connectivity index (χ0n) is 22.5. The first-order chi connectivity index (χ1) is 15.2.